The zero-order valence-electron chi connectivity index (χ0n) is 18.9. The molecule has 2 aliphatic heterocycles. The molecular formula is C25H37N3O3. The minimum atomic E-state index is 0.160. The lowest BCUT2D eigenvalue weighted by Crippen LogP contribution is -2.53. The summed E-state index contributed by atoms with van der Waals surface area (Å²) in [4.78, 5) is 32.7. The van der Waals surface area contributed by atoms with Gasteiger partial charge in [0.25, 0.3) is 0 Å². The van der Waals surface area contributed by atoms with E-state index < -0.39 is 0 Å². The van der Waals surface area contributed by atoms with Gasteiger partial charge in [-0.15, -0.1) is 0 Å². The van der Waals surface area contributed by atoms with E-state index in [-0.39, 0.29) is 17.9 Å². The van der Waals surface area contributed by atoms with Crippen LogP contribution >= 0.6 is 0 Å². The number of likely N-dealkylation sites (tertiary alicyclic amines) is 1. The summed E-state index contributed by atoms with van der Waals surface area (Å²) < 4.78 is 5.44. The minimum absolute atomic E-state index is 0.160. The van der Waals surface area contributed by atoms with Gasteiger partial charge in [0.05, 0.1) is 19.6 Å². The van der Waals surface area contributed by atoms with Crippen LogP contribution in [0, 0.1) is 12.8 Å². The van der Waals surface area contributed by atoms with E-state index in [9.17, 15) is 9.59 Å². The smallest absolute Gasteiger partial charge is 0.227 e. The number of morpholine rings is 1. The van der Waals surface area contributed by atoms with Crippen LogP contribution in [-0.4, -0.2) is 85.0 Å². The molecule has 1 atom stereocenters. The maximum absolute atomic E-state index is 13.1. The third-order valence-electron chi connectivity index (χ3n) is 6.98. The molecule has 2 saturated heterocycles. The zero-order chi connectivity index (χ0) is 21.6. The largest absolute Gasteiger partial charge is 0.379 e. The molecule has 1 unspecified atom stereocenters. The molecule has 0 N–H and O–H groups in total. The molecule has 1 saturated carbocycles. The molecule has 3 aliphatic rings. The van der Waals surface area contributed by atoms with Crippen LogP contribution in [0.5, 0.6) is 0 Å². The van der Waals surface area contributed by atoms with Crippen LogP contribution in [0.2, 0.25) is 0 Å². The van der Waals surface area contributed by atoms with Gasteiger partial charge in [0, 0.05) is 51.2 Å². The number of amides is 2. The minimum Gasteiger partial charge on any atom is -0.379 e. The van der Waals surface area contributed by atoms with Crippen molar-refractivity contribution in [2.75, 3.05) is 52.5 Å². The van der Waals surface area contributed by atoms with Gasteiger partial charge in [-0.2, -0.15) is 0 Å². The van der Waals surface area contributed by atoms with Crippen molar-refractivity contribution in [2.45, 2.75) is 51.5 Å². The highest BCUT2D eigenvalue weighted by Gasteiger charge is 2.38. The fourth-order valence-corrected chi connectivity index (χ4v) is 4.85. The molecule has 1 aromatic carbocycles. The number of benzene rings is 1. The fraction of sp³-hybridized carbons (Fsp3) is 0.680. The van der Waals surface area contributed by atoms with E-state index in [4.69, 9.17) is 4.74 Å². The first kappa shape index (κ1) is 22.3. The van der Waals surface area contributed by atoms with Crippen LogP contribution in [0.4, 0.5) is 0 Å². The summed E-state index contributed by atoms with van der Waals surface area (Å²) in [5.74, 6) is 0.729. The van der Waals surface area contributed by atoms with E-state index in [0.717, 1.165) is 89.2 Å². The Morgan fingerprint density at radius 2 is 1.87 bits per heavy atom. The number of carbonyl (C=O) groups is 2. The predicted octanol–water partition coefficient (Wildman–Crippen LogP) is 2.49. The molecule has 2 amide bonds. The molecule has 3 fully saturated rings. The highest BCUT2D eigenvalue weighted by atomic mass is 16.5. The van der Waals surface area contributed by atoms with Crippen LogP contribution in [0.1, 0.15) is 43.2 Å². The van der Waals surface area contributed by atoms with E-state index in [1.54, 1.807) is 0 Å². The standard InChI is InChI=1S/C25H37N3O3/c1-20-6-2-3-7-22(20)18-24(29)27-12-4-8-23(19-27)28(25(30)21-9-10-21)13-5-11-26-14-16-31-17-15-26/h2-3,6-7,21,23H,4-5,8-19H2,1H3. The first-order valence-electron chi connectivity index (χ1n) is 12.0. The van der Waals surface area contributed by atoms with Gasteiger partial charge in [-0.3, -0.25) is 14.5 Å². The lowest BCUT2D eigenvalue weighted by Gasteiger charge is -2.40. The molecule has 6 nitrogen and oxygen atoms in total. The maximum atomic E-state index is 13.1. The Hall–Kier alpha value is -1.92. The molecule has 0 bridgehead atoms. The molecule has 2 heterocycles. The SMILES string of the molecule is Cc1ccccc1CC(=O)N1CCCC(N(CCCN2CCOCC2)C(=O)C2CC2)C1. The second kappa shape index (κ2) is 10.6. The lowest BCUT2D eigenvalue weighted by molar-refractivity contribution is -0.140. The third kappa shape index (κ3) is 6.07. The number of nitrogens with zero attached hydrogens (tertiary/aromatic N) is 3. The van der Waals surface area contributed by atoms with Crippen molar-refractivity contribution in [3.63, 3.8) is 0 Å². The Morgan fingerprint density at radius 3 is 2.61 bits per heavy atom. The Morgan fingerprint density at radius 1 is 1.10 bits per heavy atom. The molecule has 1 aromatic rings. The second-order valence-corrected chi connectivity index (χ2v) is 9.35. The van der Waals surface area contributed by atoms with Gasteiger partial charge in [0.2, 0.25) is 11.8 Å². The predicted molar refractivity (Wildman–Crippen MR) is 121 cm³/mol. The number of ether oxygens (including phenoxy) is 1. The number of hydrogen-bond donors (Lipinski definition) is 0. The van der Waals surface area contributed by atoms with Crippen molar-refractivity contribution in [1.29, 1.82) is 0 Å². The van der Waals surface area contributed by atoms with Gasteiger partial charge in [-0.05, 0) is 50.2 Å². The van der Waals surface area contributed by atoms with Crippen molar-refractivity contribution in [3.8, 4) is 0 Å². The molecule has 0 radical (unpaired) electrons. The third-order valence-corrected chi connectivity index (χ3v) is 6.98. The zero-order valence-corrected chi connectivity index (χ0v) is 18.9. The molecule has 1 aliphatic carbocycles. The number of hydrogen-bond acceptors (Lipinski definition) is 4. The van der Waals surface area contributed by atoms with Crippen LogP contribution in [0.3, 0.4) is 0 Å². The molecule has 4 rings (SSSR count). The highest BCUT2D eigenvalue weighted by molar-refractivity contribution is 5.82. The molecular weight excluding hydrogens is 390 g/mol. The second-order valence-electron chi connectivity index (χ2n) is 9.35. The summed E-state index contributed by atoms with van der Waals surface area (Å²) in [6.07, 6.45) is 5.48. The van der Waals surface area contributed by atoms with Crippen molar-refractivity contribution >= 4 is 11.8 Å². The van der Waals surface area contributed by atoms with Crippen molar-refractivity contribution in [2.24, 2.45) is 5.92 Å². The summed E-state index contributed by atoms with van der Waals surface area (Å²) >= 11 is 0. The summed E-state index contributed by atoms with van der Waals surface area (Å²) in [7, 11) is 0. The Balaban J connectivity index is 1.34. The van der Waals surface area contributed by atoms with Crippen LogP contribution < -0.4 is 0 Å². The van der Waals surface area contributed by atoms with E-state index in [1.807, 2.05) is 23.1 Å². The van der Waals surface area contributed by atoms with Gasteiger partial charge in [0.15, 0.2) is 0 Å². The highest BCUT2D eigenvalue weighted by Crippen LogP contribution is 2.33. The Kier molecular flexibility index (Phi) is 7.62. The molecule has 31 heavy (non-hydrogen) atoms. The number of carbonyl (C=O) groups excluding carboxylic acids is 2. The topological polar surface area (TPSA) is 53.1 Å². The molecule has 0 aromatic heterocycles. The monoisotopic (exact) mass is 427 g/mol. The Labute approximate surface area is 186 Å². The summed E-state index contributed by atoms with van der Waals surface area (Å²) in [5, 5.41) is 0. The first-order chi connectivity index (χ1) is 15.1. The average Bonchev–Trinajstić information content (AvgIpc) is 3.64. The number of aryl methyl sites for hydroxylation is 1. The summed E-state index contributed by atoms with van der Waals surface area (Å²) in [5.41, 5.74) is 2.27. The average molecular weight is 428 g/mol. The maximum Gasteiger partial charge on any atom is 0.227 e. The van der Waals surface area contributed by atoms with Gasteiger partial charge in [-0.25, -0.2) is 0 Å². The van der Waals surface area contributed by atoms with Gasteiger partial charge in [-0.1, -0.05) is 24.3 Å². The van der Waals surface area contributed by atoms with E-state index >= 15 is 0 Å². The molecule has 0 spiro atoms. The molecule has 170 valence electrons. The van der Waals surface area contributed by atoms with Gasteiger partial charge < -0.3 is 14.5 Å². The quantitative estimate of drug-likeness (QED) is 0.640. The van der Waals surface area contributed by atoms with E-state index in [1.165, 1.54) is 0 Å². The van der Waals surface area contributed by atoms with E-state index in [2.05, 4.69) is 22.8 Å². The summed E-state index contributed by atoms with van der Waals surface area (Å²) in [6.45, 7) is 8.96. The van der Waals surface area contributed by atoms with E-state index in [0.29, 0.717) is 18.9 Å². The Bertz CT molecular complexity index is 758. The van der Waals surface area contributed by atoms with Crippen molar-refractivity contribution < 1.29 is 14.3 Å². The normalized spacial score (nSPS) is 22.4. The van der Waals surface area contributed by atoms with Crippen molar-refractivity contribution in [1.82, 2.24) is 14.7 Å². The van der Waals surface area contributed by atoms with Gasteiger partial charge in [0.1, 0.15) is 0 Å². The lowest BCUT2D eigenvalue weighted by atomic mass is 10.0. The number of rotatable bonds is 8. The van der Waals surface area contributed by atoms with Crippen LogP contribution in [-0.2, 0) is 20.7 Å². The van der Waals surface area contributed by atoms with Crippen LogP contribution in [0.15, 0.2) is 24.3 Å². The summed E-state index contributed by atoms with van der Waals surface area (Å²) in [6, 6.07) is 8.28. The number of piperidine rings is 1. The van der Waals surface area contributed by atoms with Crippen molar-refractivity contribution in [3.05, 3.63) is 35.4 Å². The molecule has 6 heteroatoms. The first-order valence-corrected chi connectivity index (χ1v) is 12.0. The van der Waals surface area contributed by atoms with Crippen LogP contribution in [0.25, 0.3) is 0 Å². The fourth-order valence-electron chi connectivity index (χ4n) is 4.85. The van der Waals surface area contributed by atoms with Gasteiger partial charge >= 0.3 is 0 Å².